The number of nitrogens with one attached hydrogen (secondary N) is 1. The molecule has 1 aromatic carbocycles. The predicted octanol–water partition coefficient (Wildman–Crippen LogP) is 4.96. The minimum absolute atomic E-state index is 0.115. The van der Waals surface area contributed by atoms with E-state index < -0.39 is 12.7 Å². The van der Waals surface area contributed by atoms with Gasteiger partial charge in [0.25, 0.3) is 0 Å². The van der Waals surface area contributed by atoms with Gasteiger partial charge in [0.2, 0.25) is 5.95 Å². The molecule has 4 heterocycles. The summed E-state index contributed by atoms with van der Waals surface area (Å²) in [4.78, 5) is 27.3. The zero-order valence-corrected chi connectivity index (χ0v) is 20.7. The maximum Gasteiger partial charge on any atom is 0.406 e. The lowest BCUT2D eigenvalue weighted by atomic mass is 10.1. The summed E-state index contributed by atoms with van der Waals surface area (Å²) in [5.74, 6) is 0.622. The number of hydrogen-bond donors (Lipinski definition) is 1. The minimum atomic E-state index is -4.40. The number of aryl methyl sites for hydroxylation is 1. The maximum absolute atomic E-state index is 13.2. The first-order chi connectivity index (χ1) is 18.2. The number of hydroxylamine groups is 2. The SMILES string of the molecule is Cc1nn(-c2ccnc(Nc3ccc4c(c3)c(C(=O)C3CC3)cn4CC(F)(F)F)n2)cc1CN1CCCO1. The van der Waals surface area contributed by atoms with Crippen molar-refractivity contribution in [2.75, 3.05) is 18.5 Å². The van der Waals surface area contributed by atoms with Crippen LogP contribution in [-0.2, 0) is 17.9 Å². The molecule has 6 rings (SSSR count). The summed E-state index contributed by atoms with van der Waals surface area (Å²) in [7, 11) is 0. The molecule has 0 bridgehead atoms. The number of hydrogen-bond acceptors (Lipinski definition) is 7. The van der Waals surface area contributed by atoms with Gasteiger partial charge in [0.15, 0.2) is 11.6 Å². The fourth-order valence-electron chi connectivity index (χ4n) is 4.71. The molecule has 38 heavy (non-hydrogen) atoms. The number of fused-ring (bicyclic) bond motifs is 1. The molecular formula is C26H26F3N7O2. The van der Waals surface area contributed by atoms with Crippen LogP contribution in [0.5, 0.6) is 0 Å². The molecule has 0 radical (unpaired) electrons. The lowest BCUT2D eigenvalue weighted by Gasteiger charge is -2.12. The van der Waals surface area contributed by atoms with Crippen LogP contribution in [0.1, 0.15) is 40.9 Å². The van der Waals surface area contributed by atoms with Crippen LogP contribution >= 0.6 is 0 Å². The van der Waals surface area contributed by atoms with Gasteiger partial charge >= 0.3 is 6.18 Å². The van der Waals surface area contributed by atoms with Crippen molar-refractivity contribution in [3.63, 3.8) is 0 Å². The zero-order valence-electron chi connectivity index (χ0n) is 20.7. The first kappa shape index (κ1) is 24.6. The van der Waals surface area contributed by atoms with Crippen LogP contribution in [0.15, 0.2) is 42.9 Å². The van der Waals surface area contributed by atoms with E-state index in [1.807, 2.05) is 18.2 Å². The molecular weight excluding hydrogens is 499 g/mol. The number of aromatic nitrogens is 5. The Morgan fingerprint density at radius 3 is 2.79 bits per heavy atom. The lowest BCUT2D eigenvalue weighted by molar-refractivity contribution is -0.139. The van der Waals surface area contributed by atoms with E-state index in [0.29, 0.717) is 40.5 Å². The van der Waals surface area contributed by atoms with E-state index in [2.05, 4.69) is 20.4 Å². The number of benzene rings is 1. The van der Waals surface area contributed by atoms with E-state index >= 15 is 0 Å². The van der Waals surface area contributed by atoms with Crippen molar-refractivity contribution in [2.24, 2.45) is 5.92 Å². The van der Waals surface area contributed by atoms with Crippen molar-refractivity contribution in [3.05, 3.63) is 59.7 Å². The number of rotatable bonds is 8. The van der Waals surface area contributed by atoms with Gasteiger partial charge < -0.3 is 9.88 Å². The Morgan fingerprint density at radius 1 is 1.21 bits per heavy atom. The van der Waals surface area contributed by atoms with Crippen LogP contribution in [0.25, 0.3) is 16.7 Å². The summed E-state index contributed by atoms with van der Waals surface area (Å²) >= 11 is 0. The number of Topliss-reactive ketones (excluding diaryl/α,β-unsaturated/α-hetero) is 1. The number of ketones is 1. The van der Waals surface area contributed by atoms with E-state index in [9.17, 15) is 18.0 Å². The van der Waals surface area contributed by atoms with Crippen LogP contribution in [0.2, 0.25) is 0 Å². The number of anilines is 2. The van der Waals surface area contributed by atoms with Gasteiger partial charge in [-0.15, -0.1) is 0 Å². The van der Waals surface area contributed by atoms with Crippen LogP contribution in [-0.4, -0.2) is 54.5 Å². The normalized spacial score (nSPS) is 16.4. The minimum Gasteiger partial charge on any atom is -0.338 e. The molecule has 9 nitrogen and oxygen atoms in total. The molecule has 12 heteroatoms. The molecule has 1 saturated heterocycles. The van der Waals surface area contributed by atoms with E-state index in [1.165, 1.54) is 6.20 Å². The van der Waals surface area contributed by atoms with Gasteiger partial charge in [-0.05, 0) is 44.4 Å². The number of nitrogens with zero attached hydrogens (tertiary/aromatic N) is 6. The number of carbonyl (C=O) groups is 1. The van der Waals surface area contributed by atoms with E-state index in [1.54, 1.807) is 35.1 Å². The summed E-state index contributed by atoms with van der Waals surface area (Å²) in [5.41, 5.74) is 3.13. The third-order valence-electron chi connectivity index (χ3n) is 6.75. The van der Waals surface area contributed by atoms with Crippen molar-refractivity contribution in [3.8, 4) is 5.82 Å². The monoisotopic (exact) mass is 525 g/mol. The van der Waals surface area contributed by atoms with Gasteiger partial charge in [-0.3, -0.25) is 9.63 Å². The summed E-state index contributed by atoms with van der Waals surface area (Å²) in [6.45, 7) is 3.02. The number of halogens is 3. The average molecular weight is 526 g/mol. The molecule has 1 aliphatic carbocycles. The standard InChI is InChI=1S/C26H26F3N7O2/c1-16-18(12-35-9-2-10-38-35)13-36(33-16)23-7-8-30-25(32-23)31-19-5-6-22-20(11-19)21(24(37)17-3-4-17)14-34(22)15-26(27,28)29/h5-8,11,13-14,17H,2-4,9-10,12,15H2,1H3,(H,30,31,32). The van der Waals surface area contributed by atoms with Crippen LogP contribution < -0.4 is 5.32 Å². The molecule has 2 fully saturated rings. The van der Waals surface area contributed by atoms with E-state index in [4.69, 9.17) is 4.84 Å². The van der Waals surface area contributed by atoms with Crippen molar-refractivity contribution < 1.29 is 22.8 Å². The second kappa shape index (κ2) is 9.52. The fourth-order valence-corrected chi connectivity index (χ4v) is 4.71. The second-order valence-corrected chi connectivity index (χ2v) is 9.75. The largest absolute Gasteiger partial charge is 0.406 e. The Labute approximate surface area is 216 Å². The summed E-state index contributed by atoms with van der Waals surface area (Å²) < 4.78 is 42.3. The highest BCUT2D eigenvalue weighted by molar-refractivity contribution is 6.10. The van der Waals surface area contributed by atoms with Crippen molar-refractivity contribution in [1.82, 2.24) is 29.4 Å². The van der Waals surface area contributed by atoms with Crippen LogP contribution in [0.3, 0.4) is 0 Å². The van der Waals surface area contributed by atoms with Crippen molar-refractivity contribution in [1.29, 1.82) is 0 Å². The van der Waals surface area contributed by atoms with Crippen molar-refractivity contribution in [2.45, 2.75) is 45.5 Å². The molecule has 3 aromatic heterocycles. The zero-order chi connectivity index (χ0) is 26.4. The Hall–Kier alpha value is -3.77. The smallest absolute Gasteiger partial charge is 0.338 e. The third kappa shape index (κ3) is 5.14. The van der Waals surface area contributed by atoms with Gasteiger partial charge in [-0.25, -0.2) is 9.67 Å². The average Bonchev–Trinajstić information content (AvgIpc) is 3.32. The molecule has 1 saturated carbocycles. The Kier molecular flexibility index (Phi) is 6.15. The topological polar surface area (TPSA) is 90.1 Å². The molecule has 2 aliphatic rings. The highest BCUT2D eigenvalue weighted by Crippen LogP contribution is 2.37. The van der Waals surface area contributed by atoms with E-state index in [0.717, 1.165) is 48.2 Å². The number of carbonyl (C=O) groups excluding carboxylic acids is 1. The molecule has 1 N–H and O–H groups in total. The molecule has 198 valence electrons. The molecule has 0 amide bonds. The van der Waals surface area contributed by atoms with Gasteiger partial charge in [-0.2, -0.15) is 28.3 Å². The van der Waals surface area contributed by atoms with E-state index in [-0.39, 0.29) is 11.7 Å². The Bertz CT molecular complexity index is 1500. The highest BCUT2D eigenvalue weighted by Gasteiger charge is 2.34. The molecule has 0 atom stereocenters. The molecule has 0 spiro atoms. The van der Waals surface area contributed by atoms with Crippen LogP contribution in [0.4, 0.5) is 24.8 Å². The number of alkyl halides is 3. The summed E-state index contributed by atoms with van der Waals surface area (Å²) in [5, 5.41) is 10.1. The molecule has 4 aromatic rings. The molecule has 0 unspecified atom stereocenters. The quantitative estimate of drug-likeness (QED) is 0.325. The lowest BCUT2D eigenvalue weighted by Crippen LogP contribution is -2.17. The third-order valence-corrected chi connectivity index (χ3v) is 6.75. The second-order valence-electron chi connectivity index (χ2n) is 9.75. The van der Waals surface area contributed by atoms with Gasteiger partial charge in [0, 0.05) is 64.8 Å². The predicted molar refractivity (Wildman–Crippen MR) is 133 cm³/mol. The molecule has 1 aliphatic heterocycles. The fraction of sp³-hybridized carbons (Fsp3) is 0.385. The highest BCUT2D eigenvalue weighted by atomic mass is 19.4. The van der Waals surface area contributed by atoms with Crippen LogP contribution in [0, 0.1) is 12.8 Å². The first-order valence-electron chi connectivity index (χ1n) is 12.5. The first-order valence-corrected chi connectivity index (χ1v) is 12.5. The van der Waals surface area contributed by atoms with Gasteiger partial charge in [0.05, 0.1) is 18.8 Å². The Balaban J connectivity index is 1.27. The van der Waals surface area contributed by atoms with Crippen molar-refractivity contribution >= 4 is 28.3 Å². The van der Waals surface area contributed by atoms with Gasteiger partial charge in [0.1, 0.15) is 6.54 Å². The maximum atomic E-state index is 13.2. The van der Waals surface area contributed by atoms with Gasteiger partial charge in [-0.1, -0.05) is 0 Å². The summed E-state index contributed by atoms with van der Waals surface area (Å²) in [6, 6.07) is 6.66. The summed E-state index contributed by atoms with van der Waals surface area (Å²) in [6.07, 6.45) is 2.97. The Morgan fingerprint density at radius 2 is 2.05 bits per heavy atom.